The van der Waals surface area contributed by atoms with E-state index in [2.05, 4.69) is 45.4 Å². The number of ether oxygens (including phenoxy) is 1. The molecule has 2 bridgehead atoms. The van der Waals surface area contributed by atoms with Crippen LogP contribution < -0.4 is 5.32 Å². The normalized spacial score (nSPS) is 23.1. The summed E-state index contributed by atoms with van der Waals surface area (Å²) in [4.78, 5) is 20.3. The van der Waals surface area contributed by atoms with E-state index in [-0.39, 0.29) is 43.1 Å². The van der Waals surface area contributed by atoms with Crippen molar-refractivity contribution in [3.8, 4) is 0 Å². The predicted molar refractivity (Wildman–Crippen MR) is 162 cm³/mol. The second-order valence-electron chi connectivity index (χ2n) is 10.8. The van der Waals surface area contributed by atoms with Crippen LogP contribution in [0, 0.1) is 11.8 Å². The molecule has 0 spiro atoms. The van der Waals surface area contributed by atoms with Crippen LogP contribution in [0.1, 0.15) is 37.0 Å². The van der Waals surface area contributed by atoms with Crippen LogP contribution in [0.4, 0.5) is 0 Å². The molecule has 3 atom stereocenters. The average molecular weight is 604 g/mol. The number of furan rings is 1. The Morgan fingerprint density at radius 3 is 2.54 bits per heavy atom. The van der Waals surface area contributed by atoms with E-state index < -0.39 is 0 Å². The lowest BCUT2D eigenvalue weighted by molar-refractivity contribution is -0.132. The van der Waals surface area contributed by atoms with Crippen LogP contribution in [0.2, 0.25) is 0 Å². The Balaban J connectivity index is 0.00000178. The maximum Gasteiger partial charge on any atom is 0.223 e. The van der Waals surface area contributed by atoms with E-state index >= 15 is 0 Å². The molecule has 0 radical (unpaired) electrons. The lowest BCUT2D eigenvalue weighted by atomic mass is 9.79. The number of piperidine rings is 2. The smallest absolute Gasteiger partial charge is 0.223 e. The highest BCUT2D eigenvalue weighted by Crippen LogP contribution is 2.31. The molecule has 0 aliphatic carbocycles. The zero-order valence-electron chi connectivity index (χ0n) is 22.7. The lowest BCUT2D eigenvalue weighted by Crippen LogP contribution is -2.55. The number of carbonyl (C=O) groups excluding carboxylic acids is 1. The third-order valence-corrected chi connectivity index (χ3v) is 8.11. The van der Waals surface area contributed by atoms with Crippen LogP contribution in [0.25, 0.3) is 0 Å². The molecular formula is C29H45Cl3N4O3. The van der Waals surface area contributed by atoms with Crippen LogP contribution in [0.5, 0.6) is 0 Å². The van der Waals surface area contributed by atoms with E-state index in [9.17, 15) is 4.79 Å². The lowest BCUT2D eigenvalue weighted by Gasteiger charge is -2.46. The van der Waals surface area contributed by atoms with Crippen LogP contribution >= 0.6 is 37.2 Å². The number of amides is 1. The van der Waals surface area contributed by atoms with Gasteiger partial charge in [0.2, 0.25) is 5.91 Å². The fraction of sp³-hybridized carbons (Fsp3) is 0.621. The molecular weight excluding hydrogens is 559 g/mol. The number of fused-ring (bicyclic) bond motifs is 2. The topological polar surface area (TPSA) is 61.2 Å². The number of rotatable bonds is 11. The molecule has 1 N–H and O–H groups in total. The van der Waals surface area contributed by atoms with E-state index in [1.165, 1.54) is 18.5 Å². The molecule has 1 aromatic heterocycles. The van der Waals surface area contributed by atoms with Crippen molar-refractivity contribution >= 4 is 43.1 Å². The molecule has 1 aromatic carbocycles. The minimum atomic E-state index is 0. The second kappa shape index (κ2) is 17.5. The Morgan fingerprint density at radius 2 is 1.79 bits per heavy atom. The van der Waals surface area contributed by atoms with Crippen molar-refractivity contribution in [1.82, 2.24) is 20.0 Å². The van der Waals surface area contributed by atoms with Gasteiger partial charge in [0.25, 0.3) is 0 Å². The van der Waals surface area contributed by atoms with Crippen LogP contribution in [0.3, 0.4) is 0 Å². The molecule has 2 aromatic rings. The molecule has 10 heteroatoms. The summed E-state index contributed by atoms with van der Waals surface area (Å²) in [5.41, 5.74) is 1.40. The summed E-state index contributed by atoms with van der Waals surface area (Å²) in [6.07, 6.45) is 5.61. The predicted octanol–water partition coefficient (Wildman–Crippen LogP) is 4.49. The minimum absolute atomic E-state index is 0. The van der Waals surface area contributed by atoms with Crippen molar-refractivity contribution in [2.75, 3.05) is 59.0 Å². The molecule has 0 saturated carbocycles. The van der Waals surface area contributed by atoms with Gasteiger partial charge in [-0.2, -0.15) is 0 Å². The summed E-state index contributed by atoms with van der Waals surface area (Å²) in [7, 11) is 0. The Bertz CT molecular complexity index is 931. The van der Waals surface area contributed by atoms with E-state index in [4.69, 9.17) is 9.15 Å². The zero-order valence-corrected chi connectivity index (χ0v) is 25.2. The van der Waals surface area contributed by atoms with Gasteiger partial charge in [0, 0.05) is 58.3 Å². The number of benzene rings is 1. The van der Waals surface area contributed by atoms with Gasteiger partial charge in [0.1, 0.15) is 5.76 Å². The van der Waals surface area contributed by atoms with Gasteiger partial charge >= 0.3 is 0 Å². The Labute approximate surface area is 252 Å². The Kier molecular flexibility index (Phi) is 15.2. The molecule has 39 heavy (non-hydrogen) atoms. The number of carbonyl (C=O) groups is 1. The van der Waals surface area contributed by atoms with Gasteiger partial charge in [-0.15, -0.1) is 37.2 Å². The third-order valence-electron chi connectivity index (χ3n) is 8.11. The number of nitrogens with one attached hydrogen (secondary N) is 1. The largest absolute Gasteiger partial charge is 0.467 e. The monoisotopic (exact) mass is 602 g/mol. The van der Waals surface area contributed by atoms with Crippen molar-refractivity contribution in [2.45, 2.75) is 44.8 Å². The van der Waals surface area contributed by atoms with E-state index in [1.807, 2.05) is 17.0 Å². The molecule has 3 aliphatic rings. The van der Waals surface area contributed by atoms with Gasteiger partial charge in [0.15, 0.2) is 0 Å². The quantitative estimate of drug-likeness (QED) is 0.409. The fourth-order valence-electron chi connectivity index (χ4n) is 6.18. The number of hydrogen-bond acceptors (Lipinski definition) is 6. The van der Waals surface area contributed by atoms with Gasteiger partial charge in [-0.1, -0.05) is 30.3 Å². The minimum Gasteiger partial charge on any atom is -0.467 e. The Hall–Kier alpha value is -1.32. The number of morpholine rings is 1. The summed E-state index contributed by atoms with van der Waals surface area (Å²) < 4.78 is 11.0. The summed E-state index contributed by atoms with van der Waals surface area (Å²) in [6, 6.07) is 15.2. The van der Waals surface area contributed by atoms with Crippen molar-refractivity contribution in [3.63, 3.8) is 0 Å². The summed E-state index contributed by atoms with van der Waals surface area (Å²) >= 11 is 0. The number of halogens is 3. The highest BCUT2D eigenvalue weighted by Gasteiger charge is 2.36. The molecule has 5 rings (SSSR count). The van der Waals surface area contributed by atoms with E-state index in [0.29, 0.717) is 24.9 Å². The molecule has 3 saturated heterocycles. The molecule has 7 nitrogen and oxygen atoms in total. The highest BCUT2D eigenvalue weighted by atomic mass is 35.5. The first-order valence-corrected chi connectivity index (χ1v) is 13.8. The third kappa shape index (κ3) is 10.2. The SMILES string of the molecule is Cl.Cl.Cl.O=C(CCC[C@H]1NCC2CC1CN(Cc1ccccc1)C2)N(CCN1CCOCC1)Cc1ccco1. The Morgan fingerprint density at radius 1 is 1.00 bits per heavy atom. The van der Waals surface area contributed by atoms with Crippen molar-refractivity contribution in [3.05, 3.63) is 60.1 Å². The number of nitrogens with zero attached hydrogens (tertiary/aromatic N) is 3. The van der Waals surface area contributed by atoms with Gasteiger partial charge in [-0.25, -0.2) is 0 Å². The van der Waals surface area contributed by atoms with Gasteiger partial charge in [-0.3, -0.25) is 14.6 Å². The first kappa shape index (κ1) is 33.9. The standard InChI is InChI=1S/C29H42N4O3.3ClH/c34-29(33(23-27-8-5-15-36-27)12-11-31-13-16-35-17-14-31)10-4-9-28-26-18-25(19-30-28)21-32(22-26)20-24-6-2-1-3-7-24;;;/h1-3,5-8,15,25-26,28,30H,4,9-14,16-23H2;3*1H/t25?,26?,28-;;;/m1.../s1. The van der Waals surface area contributed by atoms with E-state index in [1.54, 1.807) is 6.26 Å². The van der Waals surface area contributed by atoms with Crippen LogP contribution in [0.15, 0.2) is 53.1 Å². The maximum atomic E-state index is 13.3. The fourth-order valence-corrected chi connectivity index (χ4v) is 6.18. The molecule has 220 valence electrons. The van der Waals surface area contributed by atoms with Crippen molar-refractivity contribution in [2.24, 2.45) is 11.8 Å². The first-order chi connectivity index (χ1) is 17.7. The summed E-state index contributed by atoms with van der Waals surface area (Å²) in [6.45, 7) is 10.1. The first-order valence-electron chi connectivity index (χ1n) is 13.8. The van der Waals surface area contributed by atoms with Gasteiger partial charge in [-0.05, 0) is 55.3 Å². The molecule has 1 amide bonds. The number of likely N-dealkylation sites (tertiary alicyclic amines) is 1. The molecule has 3 aliphatic heterocycles. The number of hydrogen-bond donors (Lipinski definition) is 1. The molecule has 3 fully saturated rings. The zero-order chi connectivity index (χ0) is 24.6. The maximum absolute atomic E-state index is 13.3. The van der Waals surface area contributed by atoms with Crippen LogP contribution in [-0.2, 0) is 22.6 Å². The second-order valence-corrected chi connectivity index (χ2v) is 10.8. The highest BCUT2D eigenvalue weighted by molar-refractivity contribution is 5.86. The van der Waals surface area contributed by atoms with Crippen molar-refractivity contribution < 1.29 is 13.9 Å². The molecule has 2 unspecified atom stereocenters. The van der Waals surface area contributed by atoms with Crippen molar-refractivity contribution in [1.29, 1.82) is 0 Å². The average Bonchev–Trinajstić information content (AvgIpc) is 3.42. The van der Waals surface area contributed by atoms with E-state index in [0.717, 1.165) is 83.5 Å². The summed E-state index contributed by atoms with van der Waals surface area (Å²) in [5, 5.41) is 3.83. The van der Waals surface area contributed by atoms with Gasteiger partial charge in [0.05, 0.1) is 26.0 Å². The van der Waals surface area contributed by atoms with Gasteiger partial charge < -0.3 is 19.4 Å². The van der Waals surface area contributed by atoms with Crippen LogP contribution in [-0.4, -0.2) is 85.7 Å². The molecule has 4 heterocycles. The summed E-state index contributed by atoms with van der Waals surface area (Å²) in [5.74, 6) is 2.51.